The van der Waals surface area contributed by atoms with Gasteiger partial charge in [-0.25, -0.2) is 0 Å². The molecule has 0 bridgehead atoms. The molecule has 1 amide bonds. The molecule has 0 aromatic carbocycles. The molecule has 5 heteroatoms. The number of thioether (sulfide) groups is 1. The van der Waals surface area contributed by atoms with Gasteiger partial charge in [-0.3, -0.25) is 4.79 Å². The van der Waals surface area contributed by atoms with E-state index in [-0.39, 0.29) is 5.91 Å². The number of likely N-dealkylation sites (N-methyl/N-ethyl adjacent to an activating group) is 1. The summed E-state index contributed by atoms with van der Waals surface area (Å²) in [5, 5.41) is 0. The van der Waals surface area contributed by atoms with Crippen LogP contribution < -0.4 is 5.73 Å². The van der Waals surface area contributed by atoms with Crippen molar-refractivity contribution < 1.29 is 9.21 Å². The van der Waals surface area contributed by atoms with Gasteiger partial charge in [-0.1, -0.05) is 0 Å². The van der Waals surface area contributed by atoms with Gasteiger partial charge in [-0.05, 0) is 31.4 Å². The highest BCUT2D eigenvalue weighted by Gasteiger charge is 2.18. The maximum absolute atomic E-state index is 11.9. The van der Waals surface area contributed by atoms with Gasteiger partial charge in [0, 0.05) is 19.2 Å². The number of amides is 1. The number of nitrogens with zero attached hydrogens (tertiary/aromatic N) is 1. The van der Waals surface area contributed by atoms with Gasteiger partial charge in [0.15, 0.2) is 0 Å². The highest BCUT2D eigenvalue weighted by Crippen LogP contribution is 2.12. The quantitative estimate of drug-likeness (QED) is 0.840. The fourth-order valence-corrected chi connectivity index (χ4v) is 2.05. The molecule has 0 spiro atoms. The molecule has 0 radical (unpaired) electrons. The van der Waals surface area contributed by atoms with Gasteiger partial charge in [0.05, 0.1) is 12.3 Å². The molecular formula is C12H20N2O2S. The van der Waals surface area contributed by atoms with Crippen LogP contribution in [0.15, 0.2) is 16.7 Å². The lowest BCUT2D eigenvalue weighted by atomic mass is 10.2. The minimum absolute atomic E-state index is 0.0142. The summed E-state index contributed by atoms with van der Waals surface area (Å²) in [6.07, 6.45) is 4.36. The second-order valence-electron chi connectivity index (χ2n) is 4.08. The maximum Gasteiger partial charge on any atom is 0.239 e. The molecule has 1 rings (SSSR count). The van der Waals surface area contributed by atoms with E-state index in [1.54, 1.807) is 30.0 Å². The number of carbonyl (C=O) groups excluding carboxylic acids is 1. The summed E-state index contributed by atoms with van der Waals surface area (Å²) in [5.74, 6) is 1.74. The Morgan fingerprint density at radius 2 is 2.35 bits per heavy atom. The third-order valence-corrected chi connectivity index (χ3v) is 3.34. The Labute approximate surface area is 107 Å². The van der Waals surface area contributed by atoms with Crippen LogP contribution in [0.25, 0.3) is 0 Å². The van der Waals surface area contributed by atoms with Crippen LogP contribution in [0.5, 0.6) is 0 Å². The normalized spacial score (nSPS) is 12.5. The molecule has 4 nitrogen and oxygen atoms in total. The number of furan rings is 1. The van der Waals surface area contributed by atoms with Crippen LogP contribution in [0.1, 0.15) is 17.7 Å². The summed E-state index contributed by atoms with van der Waals surface area (Å²) >= 11 is 1.70. The Balaban J connectivity index is 2.49. The van der Waals surface area contributed by atoms with Crippen LogP contribution in [-0.4, -0.2) is 35.9 Å². The van der Waals surface area contributed by atoms with E-state index >= 15 is 0 Å². The van der Waals surface area contributed by atoms with E-state index in [9.17, 15) is 4.79 Å². The van der Waals surface area contributed by atoms with Crippen LogP contribution in [0.4, 0.5) is 0 Å². The first kappa shape index (κ1) is 14.1. The third kappa shape index (κ3) is 4.09. The molecular weight excluding hydrogens is 236 g/mol. The zero-order valence-electron chi connectivity index (χ0n) is 10.6. The summed E-state index contributed by atoms with van der Waals surface area (Å²) in [5.41, 5.74) is 6.87. The van der Waals surface area contributed by atoms with E-state index in [4.69, 9.17) is 10.2 Å². The van der Waals surface area contributed by atoms with Crippen molar-refractivity contribution in [1.82, 2.24) is 4.90 Å². The Morgan fingerprint density at radius 1 is 1.65 bits per heavy atom. The van der Waals surface area contributed by atoms with Crippen molar-refractivity contribution in [3.05, 3.63) is 23.7 Å². The van der Waals surface area contributed by atoms with Gasteiger partial charge in [0.1, 0.15) is 5.76 Å². The average Bonchev–Trinajstić information content (AvgIpc) is 2.70. The minimum Gasteiger partial charge on any atom is -0.469 e. The highest BCUT2D eigenvalue weighted by molar-refractivity contribution is 7.98. The first-order valence-electron chi connectivity index (χ1n) is 5.58. The van der Waals surface area contributed by atoms with E-state index in [0.717, 1.165) is 17.1 Å². The largest absolute Gasteiger partial charge is 0.469 e. The molecule has 0 unspecified atom stereocenters. The monoisotopic (exact) mass is 256 g/mol. The minimum atomic E-state index is -0.403. The summed E-state index contributed by atoms with van der Waals surface area (Å²) in [6.45, 7) is 2.44. The van der Waals surface area contributed by atoms with E-state index in [0.29, 0.717) is 13.0 Å². The molecule has 0 fully saturated rings. The second-order valence-corrected chi connectivity index (χ2v) is 5.07. The number of rotatable bonds is 6. The second kappa shape index (κ2) is 6.71. The van der Waals surface area contributed by atoms with Gasteiger partial charge in [-0.15, -0.1) is 0 Å². The molecule has 0 aliphatic carbocycles. The Kier molecular flexibility index (Phi) is 5.58. The molecule has 0 saturated heterocycles. The van der Waals surface area contributed by atoms with Crippen molar-refractivity contribution in [3.8, 4) is 0 Å². The SMILES string of the molecule is CSCC[C@@H](N)C(=O)N(C)Cc1ccoc1C. The predicted molar refractivity (Wildman–Crippen MR) is 70.9 cm³/mol. The Hall–Kier alpha value is -0.940. The van der Waals surface area contributed by atoms with Gasteiger partial charge in [0.25, 0.3) is 0 Å². The van der Waals surface area contributed by atoms with E-state index < -0.39 is 6.04 Å². The molecule has 96 valence electrons. The fraction of sp³-hybridized carbons (Fsp3) is 0.583. The van der Waals surface area contributed by atoms with E-state index in [2.05, 4.69) is 0 Å². The lowest BCUT2D eigenvalue weighted by molar-refractivity contribution is -0.131. The number of hydrogen-bond donors (Lipinski definition) is 1. The first-order chi connectivity index (χ1) is 8.06. The molecule has 0 saturated carbocycles. The smallest absolute Gasteiger partial charge is 0.239 e. The van der Waals surface area contributed by atoms with E-state index in [1.807, 2.05) is 19.2 Å². The van der Waals surface area contributed by atoms with Crippen molar-refractivity contribution >= 4 is 17.7 Å². The molecule has 1 atom stereocenters. The summed E-state index contributed by atoms with van der Waals surface area (Å²) in [4.78, 5) is 13.6. The standard InChI is InChI=1S/C12H20N2O2S/c1-9-10(4-6-16-9)8-14(2)12(15)11(13)5-7-17-3/h4,6,11H,5,7-8,13H2,1-3H3/t11-/m1/s1. The fourth-order valence-electron chi connectivity index (χ4n) is 1.56. The van der Waals surface area contributed by atoms with Crippen LogP contribution in [0.2, 0.25) is 0 Å². The number of hydrogen-bond acceptors (Lipinski definition) is 4. The molecule has 17 heavy (non-hydrogen) atoms. The van der Waals surface area contributed by atoms with E-state index in [1.165, 1.54) is 0 Å². The molecule has 1 heterocycles. The Bertz CT molecular complexity index is 365. The van der Waals surface area contributed by atoms with Crippen LogP contribution >= 0.6 is 11.8 Å². The topological polar surface area (TPSA) is 59.5 Å². The van der Waals surface area contributed by atoms with Crippen molar-refractivity contribution in [1.29, 1.82) is 0 Å². The summed E-state index contributed by atoms with van der Waals surface area (Å²) in [6, 6.07) is 1.48. The molecule has 1 aromatic rings. The van der Waals surface area contributed by atoms with Crippen molar-refractivity contribution in [2.75, 3.05) is 19.1 Å². The maximum atomic E-state index is 11.9. The molecule has 0 aliphatic heterocycles. The molecule has 0 aliphatic rings. The molecule has 2 N–H and O–H groups in total. The highest BCUT2D eigenvalue weighted by atomic mass is 32.2. The van der Waals surface area contributed by atoms with Crippen molar-refractivity contribution in [2.45, 2.75) is 25.9 Å². The van der Waals surface area contributed by atoms with Crippen LogP contribution in [0, 0.1) is 6.92 Å². The summed E-state index contributed by atoms with van der Waals surface area (Å²) in [7, 11) is 1.77. The van der Waals surface area contributed by atoms with Crippen molar-refractivity contribution in [2.24, 2.45) is 5.73 Å². The first-order valence-corrected chi connectivity index (χ1v) is 6.98. The van der Waals surface area contributed by atoms with Crippen molar-refractivity contribution in [3.63, 3.8) is 0 Å². The number of carbonyl (C=O) groups is 1. The third-order valence-electron chi connectivity index (χ3n) is 2.70. The van der Waals surface area contributed by atoms with Gasteiger partial charge < -0.3 is 15.1 Å². The number of nitrogens with two attached hydrogens (primary N) is 1. The Morgan fingerprint density at radius 3 is 2.88 bits per heavy atom. The summed E-state index contributed by atoms with van der Waals surface area (Å²) < 4.78 is 5.20. The van der Waals surface area contributed by atoms with Gasteiger partial charge in [0.2, 0.25) is 5.91 Å². The number of aryl methyl sites for hydroxylation is 1. The molecule has 1 aromatic heterocycles. The zero-order chi connectivity index (χ0) is 12.8. The van der Waals surface area contributed by atoms with Crippen LogP contribution in [-0.2, 0) is 11.3 Å². The lowest BCUT2D eigenvalue weighted by Gasteiger charge is -2.20. The average molecular weight is 256 g/mol. The zero-order valence-corrected chi connectivity index (χ0v) is 11.4. The van der Waals surface area contributed by atoms with Gasteiger partial charge in [-0.2, -0.15) is 11.8 Å². The predicted octanol–water partition coefficient (Wildman–Crippen LogP) is 1.63. The lowest BCUT2D eigenvalue weighted by Crippen LogP contribution is -2.41. The van der Waals surface area contributed by atoms with Crippen LogP contribution in [0.3, 0.4) is 0 Å². The van der Waals surface area contributed by atoms with Gasteiger partial charge >= 0.3 is 0 Å².